The highest BCUT2D eigenvalue weighted by atomic mass is 35.5. The molecule has 35 heavy (non-hydrogen) atoms. The van der Waals surface area contributed by atoms with Gasteiger partial charge in [0.05, 0.1) is 36.8 Å². The van der Waals surface area contributed by atoms with Gasteiger partial charge in [-0.15, -0.1) is 0 Å². The zero-order chi connectivity index (χ0) is 24.9. The minimum absolute atomic E-state index is 0.299. The van der Waals surface area contributed by atoms with Crippen LogP contribution in [0.4, 0.5) is 17.1 Å². The molecule has 1 fully saturated rings. The first-order valence-electron chi connectivity index (χ1n) is 11.0. The molecule has 1 aliphatic rings. The van der Waals surface area contributed by atoms with Crippen LogP contribution < -0.4 is 19.9 Å². The molecule has 182 valence electrons. The van der Waals surface area contributed by atoms with Crippen molar-refractivity contribution in [1.82, 2.24) is 0 Å². The zero-order valence-corrected chi connectivity index (χ0v) is 20.9. The van der Waals surface area contributed by atoms with Crippen molar-refractivity contribution in [2.24, 2.45) is 0 Å². The van der Waals surface area contributed by atoms with E-state index in [0.29, 0.717) is 39.9 Å². The summed E-state index contributed by atoms with van der Waals surface area (Å²) in [6.45, 7) is 2.83. The van der Waals surface area contributed by atoms with Gasteiger partial charge in [0.15, 0.2) is 0 Å². The molecule has 0 aromatic heterocycles. The molecule has 0 spiro atoms. The molecule has 1 saturated heterocycles. The van der Waals surface area contributed by atoms with Crippen LogP contribution >= 0.6 is 23.2 Å². The van der Waals surface area contributed by atoms with Crippen LogP contribution in [0.15, 0.2) is 60.7 Å². The molecule has 1 N–H and O–H groups in total. The predicted octanol–water partition coefficient (Wildman–Crippen LogP) is 5.37. The number of hydrogen-bond acceptors (Lipinski definition) is 6. The Morgan fingerprint density at radius 2 is 1.37 bits per heavy atom. The molecule has 0 aliphatic carbocycles. The van der Waals surface area contributed by atoms with E-state index in [0.717, 1.165) is 30.2 Å². The number of hydrogen-bond donors (Lipinski definition) is 1. The van der Waals surface area contributed by atoms with E-state index >= 15 is 0 Å². The van der Waals surface area contributed by atoms with Gasteiger partial charge in [0, 0.05) is 41.8 Å². The van der Waals surface area contributed by atoms with Crippen molar-refractivity contribution in [3.05, 3.63) is 81.8 Å². The lowest BCUT2D eigenvalue weighted by molar-refractivity contribution is 0.0600. The Morgan fingerprint density at radius 3 is 2.00 bits per heavy atom. The molecule has 0 radical (unpaired) electrons. The van der Waals surface area contributed by atoms with Gasteiger partial charge in [-0.2, -0.15) is 0 Å². The summed E-state index contributed by atoms with van der Waals surface area (Å²) in [5, 5.41) is 4.14. The van der Waals surface area contributed by atoms with E-state index < -0.39 is 5.97 Å². The van der Waals surface area contributed by atoms with Crippen LogP contribution in [0.5, 0.6) is 5.75 Å². The first-order chi connectivity index (χ1) is 16.9. The van der Waals surface area contributed by atoms with E-state index in [-0.39, 0.29) is 5.91 Å². The summed E-state index contributed by atoms with van der Waals surface area (Å²) in [7, 11) is 2.97. The Labute approximate surface area is 214 Å². The molecule has 1 aliphatic heterocycles. The fourth-order valence-corrected chi connectivity index (χ4v) is 4.34. The minimum atomic E-state index is -0.476. The normalized spacial score (nSPS) is 13.4. The lowest BCUT2D eigenvalue weighted by Gasteiger charge is -2.38. The number of ether oxygens (including phenoxy) is 2. The number of halogens is 2. The highest BCUT2D eigenvalue weighted by Crippen LogP contribution is 2.34. The van der Waals surface area contributed by atoms with Crippen LogP contribution in [0.25, 0.3) is 0 Å². The third-order valence-electron chi connectivity index (χ3n) is 5.87. The van der Waals surface area contributed by atoms with Gasteiger partial charge in [-0.3, -0.25) is 4.79 Å². The number of carbonyl (C=O) groups is 2. The fraction of sp³-hybridized carbons (Fsp3) is 0.231. The maximum atomic E-state index is 12.9. The van der Waals surface area contributed by atoms with Crippen molar-refractivity contribution in [1.29, 1.82) is 0 Å². The van der Waals surface area contributed by atoms with Crippen LogP contribution in [0.3, 0.4) is 0 Å². The molecule has 9 heteroatoms. The molecular formula is C26H25Cl2N3O4. The summed E-state index contributed by atoms with van der Waals surface area (Å²) in [6, 6.07) is 17.4. The standard InChI is InChI=1S/C26H25Cl2N3O4/c1-34-24-10-8-20(28)16-23(24)31-13-11-30(12-14-31)22-9-5-18(26(33)35-2)15-21(22)29-25(32)17-3-6-19(27)7-4-17/h3-10,15-16H,11-14H2,1-2H3,(H,29,32). The average molecular weight is 514 g/mol. The first kappa shape index (κ1) is 24.7. The molecule has 3 aromatic carbocycles. The predicted molar refractivity (Wildman–Crippen MR) is 140 cm³/mol. The Kier molecular flexibility index (Phi) is 7.68. The Bertz CT molecular complexity index is 1230. The van der Waals surface area contributed by atoms with E-state index in [1.807, 2.05) is 18.2 Å². The quantitative estimate of drug-likeness (QED) is 0.447. The molecule has 4 rings (SSSR count). The number of anilines is 3. The number of esters is 1. The van der Waals surface area contributed by atoms with Crippen molar-refractivity contribution in [3.8, 4) is 5.75 Å². The van der Waals surface area contributed by atoms with E-state index in [4.69, 9.17) is 32.7 Å². The number of nitrogens with zero attached hydrogens (tertiary/aromatic N) is 2. The SMILES string of the molecule is COC(=O)c1ccc(N2CCN(c3cc(Cl)ccc3OC)CC2)c(NC(=O)c2ccc(Cl)cc2)c1. The van der Waals surface area contributed by atoms with Crippen LogP contribution in [-0.4, -0.2) is 52.3 Å². The topological polar surface area (TPSA) is 71.1 Å². The summed E-state index contributed by atoms with van der Waals surface area (Å²) in [5.41, 5.74) is 3.10. The molecule has 0 saturated carbocycles. The van der Waals surface area contributed by atoms with Crippen LogP contribution in [0, 0.1) is 0 Å². The molecule has 0 atom stereocenters. The van der Waals surface area contributed by atoms with Gasteiger partial charge in [-0.1, -0.05) is 23.2 Å². The number of carbonyl (C=O) groups excluding carboxylic acids is 2. The van der Waals surface area contributed by atoms with E-state index in [1.165, 1.54) is 7.11 Å². The van der Waals surface area contributed by atoms with Gasteiger partial charge in [-0.25, -0.2) is 4.79 Å². The molecule has 1 amide bonds. The van der Waals surface area contributed by atoms with E-state index in [9.17, 15) is 9.59 Å². The molecule has 7 nitrogen and oxygen atoms in total. The highest BCUT2D eigenvalue weighted by Gasteiger charge is 2.23. The fourth-order valence-electron chi connectivity index (χ4n) is 4.05. The third-order valence-corrected chi connectivity index (χ3v) is 6.36. The van der Waals surface area contributed by atoms with Gasteiger partial charge in [0.1, 0.15) is 5.75 Å². The molecule has 0 unspecified atom stereocenters. The third kappa shape index (κ3) is 5.63. The number of benzene rings is 3. The zero-order valence-electron chi connectivity index (χ0n) is 19.4. The number of amides is 1. The maximum absolute atomic E-state index is 12.9. The van der Waals surface area contributed by atoms with E-state index in [1.54, 1.807) is 49.6 Å². The summed E-state index contributed by atoms with van der Waals surface area (Å²) in [6.07, 6.45) is 0. The number of rotatable bonds is 6. The Morgan fingerprint density at radius 1 is 0.771 bits per heavy atom. The minimum Gasteiger partial charge on any atom is -0.495 e. The van der Waals surface area contributed by atoms with Crippen molar-refractivity contribution >= 4 is 52.1 Å². The number of nitrogens with one attached hydrogen (secondary N) is 1. The molecule has 0 bridgehead atoms. The smallest absolute Gasteiger partial charge is 0.337 e. The maximum Gasteiger partial charge on any atom is 0.337 e. The van der Waals surface area contributed by atoms with Crippen LogP contribution in [0.1, 0.15) is 20.7 Å². The van der Waals surface area contributed by atoms with Crippen LogP contribution in [0.2, 0.25) is 10.0 Å². The van der Waals surface area contributed by atoms with E-state index in [2.05, 4.69) is 15.1 Å². The average Bonchev–Trinajstić information content (AvgIpc) is 2.88. The molecular weight excluding hydrogens is 489 g/mol. The largest absolute Gasteiger partial charge is 0.495 e. The van der Waals surface area contributed by atoms with Gasteiger partial charge < -0.3 is 24.6 Å². The monoisotopic (exact) mass is 513 g/mol. The van der Waals surface area contributed by atoms with Crippen molar-refractivity contribution in [2.75, 3.05) is 55.5 Å². The van der Waals surface area contributed by atoms with Crippen LogP contribution in [-0.2, 0) is 4.74 Å². The Hall–Kier alpha value is -3.42. The summed E-state index contributed by atoms with van der Waals surface area (Å²) < 4.78 is 10.4. The van der Waals surface area contributed by atoms with Gasteiger partial charge in [0.2, 0.25) is 0 Å². The number of piperazine rings is 1. The molecule has 1 heterocycles. The second-order valence-electron chi connectivity index (χ2n) is 7.97. The number of methoxy groups -OCH3 is 2. The van der Waals surface area contributed by atoms with Gasteiger partial charge >= 0.3 is 5.97 Å². The van der Waals surface area contributed by atoms with Crippen molar-refractivity contribution in [3.63, 3.8) is 0 Å². The Balaban J connectivity index is 1.57. The summed E-state index contributed by atoms with van der Waals surface area (Å²) in [5.74, 6) is -0.00940. The summed E-state index contributed by atoms with van der Waals surface area (Å²) >= 11 is 12.2. The van der Waals surface area contributed by atoms with Crippen molar-refractivity contribution < 1.29 is 19.1 Å². The second kappa shape index (κ2) is 10.9. The van der Waals surface area contributed by atoms with Crippen molar-refractivity contribution in [2.45, 2.75) is 0 Å². The summed E-state index contributed by atoms with van der Waals surface area (Å²) in [4.78, 5) is 29.5. The van der Waals surface area contributed by atoms with Gasteiger partial charge in [0.25, 0.3) is 5.91 Å². The highest BCUT2D eigenvalue weighted by molar-refractivity contribution is 6.31. The first-order valence-corrected chi connectivity index (χ1v) is 11.8. The lowest BCUT2D eigenvalue weighted by atomic mass is 10.1. The second-order valence-corrected chi connectivity index (χ2v) is 8.85. The lowest BCUT2D eigenvalue weighted by Crippen LogP contribution is -2.47. The molecule has 3 aromatic rings. The van der Waals surface area contributed by atoms with Gasteiger partial charge in [-0.05, 0) is 60.7 Å².